The Balaban J connectivity index is 1.43. The van der Waals surface area contributed by atoms with Gasteiger partial charge in [-0.1, -0.05) is 91.3 Å². The summed E-state index contributed by atoms with van der Waals surface area (Å²) in [6.07, 6.45) is 1.89. The van der Waals surface area contributed by atoms with E-state index in [2.05, 4.69) is 17.4 Å². The number of unbranched alkanes of at least 4 members (excludes halogenated alkanes) is 1. The Kier molecular flexibility index (Phi) is 12.0. The molecule has 0 saturated heterocycles. The largest absolute Gasteiger partial charge is 0.497 e. The first kappa shape index (κ1) is 31.6. The molecule has 0 radical (unpaired) electrons. The van der Waals surface area contributed by atoms with E-state index >= 15 is 0 Å². The monoisotopic (exact) mass is 583 g/mol. The lowest BCUT2D eigenvalue weighted by atomic mass is 9.79. The number of aliphatic hydroxyl groups is 1. The number of hydrogen-bond acceptors (Lipinski definition) is 6. The summed E-state index contributed by atoms with van der Waals surface area (Å²) in [6.45, 7) is 1.05. The summed E-state index contributed by atoms with van der Waals surface area (Å²) in [5, 5.41) is 13.1. The Morgan fingerprint density at radius 2 is 1.28 bits per heavy atom. The van der Waals surface area contributed by atoms with Crippen molar-refractivity contribution >= 4 is 6.09 Å². The van der Waals surface area contributed by atoms with Gasteiger partial charge in [0.15, 0.2) is 0 Å². The van der Waals surface area contributed by atoms with Crippen molar-refractivity contribution in [1.82, 2.24) is 5.32 Å². The molecule has 1 amide bonds. The minimum atomic E-state index is -0.933. The molecule has 0 spiro atoms. The molecule has 0 heterocycles. The first-order valence-electron chi connectivity index (χ1n) is 14.6. The van der Waals surface area contributed by atoms with Crippen molar-refractivity contribution in [3.05, 3.63) is 131 Å². The Bertz CT molecular complexity index is 1310. The van der Waals surface area contributed by atoms with Crippen molar-refractivity contribution < 1.29 is 28.8 Å². The molecule has 1 unspecified atom stereocenters. The predicted molar refractivity (Wildman–Crippen MR) is 167 cm³/mol. The van der Waals surface area contributed by atoms with Crippen LogP contribution in [-0.2, 0) is 21.7 Å². The summed E-state index contributed by atoms with van der Waals surface area (Å²) >= 11 is 0. The average molecular weight is 584 g/mol. The molecule has 4 rings (SSSR count). The van der Waals surface area contributed by atoms with E-state index in [0.717, 1.165) is 53.0 Å². The molecule has 226 valence electrons. The van der Waals surface area contributed by atoms with Gasteiger partial charge in [-0.3, -0.25) is 0 Å². The highest BCUT2D eigenvalue weighted by Gasteiger charge is 2.38. The minimum absolute atomic E-state index is 0.0113. The molecule has 0 bridgehead atoms. The van der Waals surface area contributed by atoms with Gasteiger partial charge in [0, 0.05) is 19.1 Å². The van der Waals surface area contributed by atoms with Crippen LogP contribution in [0.5, 0.6) is 11.5 Å². The molecule has 4 aromatic rings. The molecule has 43 heavy (non-hydrogen) atoms. The highest BCUT2D eigenvalue weighted by Crippen LogP contribution is 2.42. The summed E-state index contributed by atoms with van der Waals surface area (Å²) < 4.78 is 23.1. The first-order valence-corrected chi connectivity index (χ1v) is 14.6. The van der Waals surface area contributed by atoms with Gasteiger partial charge in [-0.2, -0.15) is 0 Å². The SMILES string of the molecule is COc1ccc(C(OCC(CO)CCCCNC(=O)OCc2ccccc2)(c2ccccc2)c2ccc(OC)cc2)cc1. The van der Waals surface area contributed by atoms with E-state index in [-0.39, 0.29) is 19.1 Å². The van der Waals surface area contributed by atoms with E-state index in [1.165, 1.54) is 0 Å². The smallest absolute Gasteiger partial charge is 0.407 e. The van der Waals surface area contributed by atoms with Gasteiger partial charge in [-0.05, 0) is 59.4 Å². The quantitative estimate of drug-likeness (QED) is 0.113. The van der Waals surface area contributed by atoms with Gasteiger partial charge in [-0.15, -0.1) is 0 Å². The predicted octanol–water partition coefficient (Wildman–Crippen LogP) is 6.72. The lowest BCUT2D eigenvalue weighted by Crippen LogP contribution is -2.35. The van der Waals surface area contributed by atoms with Crippen LogP contribution in [0.2, 0.25) is 0 Å². The van der Waals surface area contributed by atoms with Crippen molar-refractivity contribution in [2.75, 3.05) is 34.0 Å². The second kappa shape index (κ2) is 16.3. The lowest BCUT2D eigenvalue weighted by Gasteiger charge is -2.37. The van der Waals surface area contributed by atoms with Gasteiger partial charge < -0.3 is 29.4 Å². The Labute approximate surface area is 254 Å². The van der Waals surface area contributed by atoms with E-state index < -0.39 is 11.7 Å². The van der Waals surface area contributed by atoms with Gasteiger partial charge in [0.1, 0.15) is 23.7 Å². The van der Waals surface area contributed by atoms with Gasteiger partial charge in [0.2, 0.25) is 0 Å². The van der Waals surface area contributed by atoms with Crippen LogP contribution in [0.25, 0.3) is 0 Å². The molecule has 0 aliphatic carbocycles. The summed E-state index contributed by atoms with van der Waals surface area (Å²) in [5.41, 5.74) is 2.87. The number of carbonyl (C=O) groups excluding carboxylic acids is 1. The normalized spacial score (nSPS) is 11.9. The fourth-order valence-corrected chi connectivity index (χ4v) is 5.07. The number of hydrogen-bond donors (Lipinski definition) is 2. The van der Waals surface area contributed by atoms with Gasteiger partial charge in [-0.25, -0.2) is 4.79 Å². The molecule has 7 nitrogen and oxygen atoms in total. The molecule has 0 aromatic heterocycles. The second-order valence-electron chi connectivity index (χ2n) is 10.3. The topological polar surface area (TPSA) is 86.2 Å². The zero-order valence-corrected chi connectivity index (χ0v) is 24.9. The average Bonchev–Trinajstić information content (AvgIpc) is 3.08. The van der Waals surface area contributed by atoms with Crippen LogP contribution in [0, 0.1) is 5.92 Å². The van der Waals surface area contributed by atoms with Crippen LogP contribution in [0.15, 0.2) is 109 Å². The molecule has 0 aliphatic heterocycles. The van der Waals surface area contributed by atoms with Gasteiger partial charge >= 0.3 is 6.09 Å². The van der Waals surface area contributed by atoms with Crippen molar-refractivity contribution in [2.45, 2.75) is 31.5 Å². The molecule has 4 aromatic carbocycles. The Morgan fingerprint density at radius 1 is 0.744 bits per heavy atom. The van der Waals surface area contributed by atoms with E-state index in [0.29, 0.717) is 13.2 Å². The maximum atomic E-state index is 12.1. The van der Waals surface area contributed by atoms with Crippen molar-refractivity contribution in [3.8, 4) is 11.5 Å². The molecule has 0 saturated carbocycles. The molecular formula is C36H41NO6. The number of rotatable bonds is 16. The highest BCUT2D eigenvalue weighted by molar-refractivity contribution is 5.67. The van der Waals surface area contributed by atoms with Crippen molar-refractivity contribution in [1.29, 1.82) is 0 Å². The maximum Gasteiger partial charge on any atom is 0.407 e. The maximum absolute atomic E-state index is 12.1. The third kappa shape index (κ3) is 8.60. The number of amides is 1. The molecular weight excluding hydrogens is 542 g/mol. The standard InChI is InChI=1S/C36H41NO6/c1-40-33-20-16-31(17-21-33)36(30-14-7-4-8-15-30,32-18-22-34(41-2)23-19-32)43-27-29(25-38)13-9-10-24-37-35(39)42-26-28-11-5-3-6-12-28/h3-8,11-12,14-23,29,38H,9-10,13,24-27H2,1-2H3,(H,37,39). The molecule has 1 atom stereocenters. The molecule has 0 fully saturated rings. The molecule has 7 heteroatoms. The van der Waals surface area contributed by atoms with Crippen LogP contribution in [0.1, 0.15) is 41.5 Å². The number of benzene rings is 4. The van der Waals surface area contributed by atoms with Crippen molar-refractivity contribution in [3.63, 3.8) is 0 Å². The van der Waals surface area contributed by atoms with Crippen LogP contribution in [0.4, 0.5) is 4.79 Å². The van der Waals surface area contributed by atoms with E-state index in [1.54, 1.807) is 14.2 Å². The highest BCUT2D eigenvalue weighted by atomic mass is 16.5. The molecule has 0 aliphatic rings. The van der Waals surface area contributed by atoms with Crippen LogP contribution in [0.3, 0.4) is 0 Å². The Morgan fingerprint density at radius 3 is 1.81 bits per heavy atom. The number of nitrogens with one attached hydrogen (secondary N) is 1. The van der Waals surface area contributed by atoms with Crippen LogP contribution < -0.4 is 14.8 Å². The number of alkyl carbamates (subject to hydrolysis) is 1. The van der Waals surface area contributed by atoms with E-state index in [1.807, 2.05) is 97.1 Å². The number of methoxy groups -OCH3 is 2. The summed E-state index contributed by atoms with van der Waals surface area (Å²) in [6, 6.07) is 35.5. The third-order valence-electron chi connectivity index (χ3n) is 7.49. The second-order valence-corrected chi connectivity index (χ2v) is 10.3. The number of aliphatic hydroxyl groups excluding tert-OH is 1. The van der Waals surface area contributed by atoms with Gasteiger partial charge in [0.25, 0.3) is 0 Å². The summed E-state index contributed by atoms with van der Waals surface area (Å²) in [7, 11) is 3.29. The van der Waals surface area contributed by atoms with Crippen LogP contribution >= 0.6 is 0 Å². The fourth-order valence-electron chi connectivity index (χ4n) is 5.07. The van der Waals surface area contributed by atoms with Gasteiger partial charge in [0.05, 0.1) is 20.8 Å². The summed E-state index contributed by atoms with van der Waals surface area (Å²) in [4.78, 5) is 12.1. The lowest BCUT2D eigenvalue weighted by molar-refractivity contribution is -0.0205. The molecule has 2 N–H and O–H groups in total. The first-order chi connectivity index (χ1) is 21.1. The van der Waals surface area contributed by atoms with E-state index in [4.69, 9.17) is 18.9 Å². The summed E-state index contributed by atoms with van der Waals surface area (Å²) in [5.74, 6) is 1.42. The third-order valence-corrected chi connectivity index (χ3v) is 7.49. The fraction of sp³-hybridized carbons (Fsp3) is 0.306. The van der Waals surface area contributed by atoms with Crippen LogP contribution in [-0.4, -0.2) is 45.2 Å². The zero-order chi connectivity index (χ0) is 30.3. The van der Waals surface area contributed by atoms with Crippen molar-refractivity contribution in [2.24, 2.45) is 5.92 Å². The Hall–Kier alpha value is -4.33. The van der Waals surface area contributed by atoms with E-state index in [9.17, 15) is 9.90 Å². The number of ether oxygens (including phenoxy) is 4. The minimum Gasteiger partial charge on any atom is -0.497 e. The zero-order valence-electron chi connectivity index (χ0n) is 24.9. The number of carbonyl (C=O) groups is 1.